The molecule has 1 aromatic heterocycles. The van der Waals surface area contributed by atoms with Crippen LogP contribution >= 0.6 is 12.4 Å². The van der Waals surface area contributed by atoms with E-state index in [1.807, 2.05) is 6.07 Å². The summed E-state index contributed by atoms with van der Waals surface area (Å²) < 4.78 is 4.64. The standard InChI is InChI=1S/C13H19N3O2.ClH/c1-16(12-5-6-14-8-12)9-11-4-3-10(7-15-11)13(17)18-2;/h3-4,7,12,14H,5-6,8-9H2,1-2H3;1H. The molecular formula is C13H20ClN3O2. The molecule has 0 amide bonds. The van der Waals surface area contributed by atoms with Crippen molar-refractivity contribution in [2.45, 2.75) is 19.0 Å². The van der Waals surface area contributed by atoms with Crippen molar-refractivity contribution in [2.24, 2.45) is 0 Å². The number of carbonyl (C=O) groups excluding carboxylic acids is 1. The van der Waals surface area contributed by atoms with Crippen LogP contribution in [0, 0.1) is 0 Å². The van der Waals surface area contributed by atoms with E-state index in [9.17, 15) is 4.79 Å². The summed E-state index contributed by atoms with van der Waals surface area (Å²) in [5.41, 5.74) is 1.46. The predicted octanol–water partition coefficient (Wildman–Crippen LogP) is 1.08. The number of likely N-dealkylation sites (N-methyl/N-ethyl adjacent to an activating group) is 1. The lowest BCUT2D eigenvalue weighted by Gasteiger charge is -2.22. The molecule has 2 rings (SSSR count). The van der Waals surface area contributed by atoms with Crippen molar-refractivity contribution in [2.75, 3.05) is 27.2 Å². The highest BCUT2D eigenvalue weighted by Crippen LogP contribution is 2.10. The van der Waals surface area contributed by atoms with Gasteiger partial charge < -0.3 is 10.1 Å². The SMILES string of the molecule is COC(=O)c1ccc(CN(C)C2CCNC2)nc1.Cl. The Morgan fingerprint density at radius 1 is 1.58 bits per heavy atom. The van der Waals surface area contributed by atoms with Gasteiger partial charge in [0.25, 0.3) is 0 Å². The third-order valence-corrected chi connectivity index (χ3v) is 3.31. The summed E-state index contributed by atoms with van der Waals surface area (Å²) in [6.07, 6.45) is 2.75. The molecule has 1 aromatic rings. The van der Waals surface area contributed by atoms with Gasteiger partial charge in [-0.3, -0.25) is 9.88 Å². The highest BCUT2D eigenvalue weighted by molar-refractivity contribution is 5.88. The van der Waals surface area contributed by atoms with Crippen LogP contribution in [0.5, 0.6) is 0 Å². The van der Waals surface area contributed by atoms with E-state index < -0.39 is 0 Å². The van der Waals surface area contributed by atoms with Crippen molar-refractivity contribution in [1.29, 1.82) is 0 Å². The Morgan fingerprint density at radius 2 is 2.37 bits per heavy atom. The van der Waals surface area contributed by atoms with E-state index in [1.54, 1.807) is 12.3 Å². The average molecular weight is 286 g/mol. The number of ether oxygens (including phenoxy) is 1. The van der Waals surface area contributed by atoms with Crippen LogP contribution < -0.4 is 5.32 Å². The van der Waals surface area contributed by atoms with Crippen LogP contribution in [-0.4, -0.2) is 49.1 Å². The second kappa shape index (κ2) is 7.43. The second-order valence-corrected chi connectivity index (χ2v) is 4.59. The van der Waals surface area contributed by atoms with Crippen molar-refractivity contribution in [1.82, 2.24) is 15.2 Å². The van der Waals surface area contributed by atoms with Gasteiger partial charge in [0.1, 0.15) is 0 Å². The first kappa shape index (κ1) is 15.9. The molecule has 1 saturated heterocycles. The Labute approximate surface area is 119 Å². The molecule has 1 fully saturated rings. The molecule has 0 saturated carbocycles. The van der Waals surface area contributed by atoms with Crippen molar-refractivity contribution < 1.29 is 9.53 Å². The van der Waals surface area contributed by atoms with Crippen LogP contribution in [0.2, 0.25) is 0 Å². The quantitative estimate of drug-likeness (QED) is 0.839. The number of pyridine rings is 1. The van der Waals surface area contributed by atoms with Crippen molar-refractivity contribution in [3.63, 3.8) is 0 Å². The van der Waals surface area contributed by atoms with Gasteiger partial charge in [0, 0.05) is 25.3 Å². The summed E-state index contributed by atoms with van der Waals surface area (Å²) in [7, 11) is 3.48. The molecule has 2 heterocycles. The summed E-state index contributed by atoms with van der Waals surface area (Å²) in [4.78, 5) is 17.9. The number of nitrogens with zero attached hydrogens (tertiary/aromatic N) is 2. The van der Waals surface area contributed by atoms with Crippen LogP contribution in [0.4, 0.5) is 0 Å². The van der Waals surface area contributed by atoms with Crippen LogP contribution in [0.15, 0.2) is 18.3 Å². The van der Waals surface area contributed by atoms with E-state index in [0.717, 1.165) is 25.3 Å². The Bertz CT molecular complexity index is 405. The number of hydrogen-bond donors (Lipinski definition) is 1. The van der Waals surface area contributed by atoms with Gasteiger partial charge in [0.05, 0.1) is 18.4 Å². The van der Waals surface area contributed by atoms with E-state index in [0.29, 0.717) is 11.6 Å². The lowest BCUT2D eigenvalue weighted by atomic mass is 10.2. The summed E-state index contributed by atoms with van der Waals surface area (Å²) in [6.45, 7) is 2.92. The summed E-state index contributed by atoms with van der Waals surface area (Å²) >= 11 is 0. The van der Waals surface area contributed by atoms with Gasteiger partial charge in [0.2, 0.25) is 0 Å². The minimum atomic E-state index is -0.345. The lowest BCUT2D eigenvalue weighted by molar-refractivity contribution is 0.0600. The molecule has 0 aliphatic carbocycles. The molecule has 1 aliphatic rings. The largest absolute Gasteiger partial charge is 0.465 e. The molecule has 5 nitrogen and oxygen atoms in total. The van der Waals surface area contributed by atoms with Gasteiger partial charge in [-0.1, -0.05) is 0 Å². The van der Waals surface area contributed by atoms with Crippen LogP contribution in [-0.2, 0) is 11.3 Å². The summed E-state index contributed by atoms with van der Waals surface area (Å²) in [5.74, 6) is -0.345. The first-order chi connectivity index (χ1) is 8.70. The van der Waals surface area contributed by atoms with Crippen LogP contribution in [0.1, 0.15) is 22.5 Å². The normalized spacial score (nSPS) is 18.2. The average Bonchev–Trinajstić information content (AvgIpc) is 2.92. The second-order valence-electron chi connectivity index (χ2n) is 4.59. The molecule has 0 spiro atoms. The van der Waals surface area contributed by atoms with E-state index in [2.05, 4.69) is 27.0 Å². The molecule has 106 valence electrons. The molecule has 0 radical (unpaired) electrons. The van der Waals surface area contributed by atoms with E-state index >= 15 is 0 Å². The molecule has 1 N–H and O–H groups in total. The number of carbonyl (C=O) groups is 1. The summed E-state index contributed by atoms with van der Waals surface area (Å²) in [5, 5.41) is 3.35. The third kappa shape index (κ3) is 4.16. The Morgan fingerprint density at radius 3 is 2.89 bits per heavy atom. The zero-order valence-electron chi connectivity index (χ0n) is 11.3. The van der Waals surface area contributed by atoms with Gasteiger partial charge in [-0.25, -0.2) is 4.79 Å². The zero-order valence-corrected chi connectivity index (χ0v) is 12.1. The van der Waals surface area contributed by atoms with Gasteiger partial charge >= 0.3 is 5.97 Å². The van der Waals surface area contributed by atoms with E-state index in [-0.39, 0.29) is 18.4 Å². The van der Waals surface area contributed by atoms with Crippen molar-refractivity contribution >= 4 is 18.4 Å². The van der Waals surface area contributed by atoms with Crippen molar-refractivity contribution in [3.05, 3.63) is 29.6 Å². The molecule has 1 unspecified atom stereocenters. The molecular weight excluding hydrogens is 266 g/mol. The van der Waals surface area contributed by atoms with Gasteiger partial charge in [-0.05, 0) is 32.1 Å². The monoisotopic (exact) mass is 285 g/mol. The number of aromatic nitrogens is 1. The van der Waals surface area contributed by atoms with E-state index in [4.69, 9.17) is 0 Å². The maximum Gasteiger partial charge on any atom is 0.339 e. The molecule has 0 bridgehead atoms. The number of esters is 1. The Hall–Kier alpha value is -1.17. The van der Waals surface area contributed by atoms with Gasteiger partial charge in [-0.15, -0.1) is 12.4 Å². The topological polar surface area (TPSA) is 54.5 Å². The molecule has 6 heteroatoms. The first-order valence-electron chi connectivity index (χ1n) is 6.15. The van der Waals surface area contributed by atoms with Gasteiger partial charge in [0.15, 0.2) is 0 Å². The van der Waals surface area contributed by atoms with Crippen molar-refractivity contribution in [3.8, 4) is 0 Å². The highest BCUT2D eigenvalue weighted by Gasteiger charge is 2.19. The maximum absolute atomic E-state index is 11.3. The minimum Gasteiger partial charge on any atom is -0.465 e. The number of hydrogen-bond acceptors (Lipinski definition) is 5. The molecule has 1 aliphatic heterocycles. The number of nitrogens with one attached hydrogen (secondary N) is 1. The fourth-order valence-electron chi connectivity index (χ4n) is 2.16. The molecule has 0 aromatic carbocycles. The first-order valence-corrected chi connectivity index (χ1v) is 6.15. The third-order valence-electron chi connectivity index (χ3n) is 3.31. The number of methoxy groups -OCH3 is 1. The Balaban J connectivity index is 0.00000180. The summed E-state index contributed by atoms with van der Waals surface area (Å²) in [6, 6.07) is 4.21. The van der Waals surface area contributed by atoms with Crippen LogP contribution in [0.3, 0.4) is 0 Å². The van der Waals surface area contributed by atoms with E-state index in [1.165, 1.54) is 13.5 Å². The fourth-order valence-corrected chi connectivity index (χ4v) is 2.16. The minimum absolute atomic E-state index is 0. The highest BCUT2D eigenvalue weighted by atomic mass is 35.5. The molecule has 1 atom stereocenters. The smallest absolute Gasteiger partial charge is 0.339 e. The fraction of sp³-hybridized carbons (Fsp3) is 0.538. The van der Waals surface area contributed by atoms with Gasteiger partial charge in [-0.2, -0.15) is 0 Å². The lowest BCUT2D eigenvalue weighted by Crippen LogP contribution is -2.33. The van der Waals surface area contributed by atoms with Crippen LogP contribution in [0.25, 0.3) is 0 Å². The number of halogens is 1. The number of rotatable bonds is 4. The zero-order chi connectivity index (χ0) is 13.0. The predicted molar refractivity (Wildman–Crippen MR) is 75.6 cm³/mol. The molecule has 19 heavy (non-hydrogen) atoms. The Kier molecular flexibility index (Phi) is 6.21. The maximum atomic E-state index is 11.3.